The number of rotatable bonds is 7. The highest BCUT2D eigenvalue weighted by molar-refractivity contribution is 5.69. The molecule has 0 bridgehead atoms. The summed E-state index contributed by atoms with van der Waals surface area (Å²) in [5, 5.41) is 10.5. The summed E-state index contributed by atoms with van der Waals surface area (Å²) in [5.41, 5.74) is 2.23. The van der Waals surface area contributed by atoms with Gasteiger partial charge in [-0.3, -0.25) is 4.79 Å². The minimum atomic E-state index is -0.967. The highest BCUT2D eigenvalue weighted by atomic mass is 16.6. The normalized spacial score (nSPS) is 18.6. The van der Waals surface area contributed by atoms with Crippen LogP contribution >= 0.6 is 0 Å². The minimum absolute atomic E-state index is 0.0346. The fraction of sp³-hybridized carbons (Fsp3) is 0.357. The molecule has 1 N–H and O–H groups in total. The van der Waals surface area contributed by atoms with Crippen LogP contribution in [-0.2, 0) is 23.8 Å². The Labute approximate surface area is 200 Å². The van der Waals surface area contributed by atoms with Crippen molar-refractivity contribution in [1.29, 1.82) is 0 Å². The van der Waals surface area contributed by atoms with E-state index in [0.29, 0.717) is 32.4 Å². The average Bonchev–Trinajstić information content (AvgIpc) is 2.80. The number of benzene rings is 2. The minimum Gasteiger partial charge on any atom is -0.438 e. The monoisotopic (exact) mass is 460 g/mol. The molecule has 1 amide bonds. The molecule has 34 heavy (non-hydrogen) atoms. The predicted molar refractivity (Wildman–Crippen MR) is 133 cm³/mol. The number of carbonyl (C=O) groups excluding carboxylic acids is 1. The highest BCUT2D eigenvalue weighted by Gasteiger charge is 2.45. The number of ether oxygens (including phenoxy) is 1. The first-order chi connectivity index (χ1) is 16.2. The van der Waals surface area contributed by atoms with E-state index in [1.54, 1.807) is 36.4 Å². The van der Waals surface area contributed by atoms with Crippen molar-refractivity contribution in [1.82, 2.24) is 9.47 Å². The Hall–Kier alpha value is -3.38. The summed E-state index contributed by atoms with van der Waals surface area (Å²) in [7, 11) is 1.74. The fourth-order valence-corrected chi connectivity index (χ4v) is 4.66. The molecule has 0 spiro atoms. The van der Waals surface area contributed by atoms with E-state index in [4.69, 9.17) is 4.74 Å². The summed E-state index contributed by atoms with van der Waals surface area (Å²) in [6.45, 7) is 4.62. The predicted octanol–water partition coefficient (Wildman–Crippen LogP) is 4.49. The number of pyridine rings is 1. The van der Waals surface area contributed by atoms with E-state index in [1.807, 2.05) is 54.7 Å². The molecule has 1 fully saturated rings. The molecular formula is C28H32N2O4. The Kier molecular flexibility index (Phi) is 6.62. The van der Waals surface area contributed by atoms with Gasteiger partial charge in [0.1, 0.15) is 5.60 Å². The third-order valence-corrected chi connectivity index (χ3v) is 6.39. The van der Waals surface area contributed by atoms with Crippen molar-refractivity contribution in [3.05, 3.63) is 94.4 Å². The molecule has 1 aromatic heterocycles. The molecule has 4 rings (SSSR count). The number of hydrogen-bond donors (Lipinski definition) is 1. The van der Waals surface area contributed by atoms with E-state index in [1.165, 1.54) is 0 Å². The lowest BCUT2D eigenvalue weighted by Gasteiger charge is -2.44. The number of aryl methyl sites for hydroxylation is 1. The van der Waals surface area contributed by atoms with Gasteiger partial charge in [0.15, 0.2) is 0 Å². The van der Waals surface area contributed by atoms with Crippen molar-refractivity contribution in [3.8, 4) is 11.1 Å². The first-order valence-electron chi connectivity index (χ1n) is 11.7. The Balaban J connectivity index is 1.41. The van der Waals surface area contributed by atoms with Crippen molar-refractivity contribution in [2.24, 2.45) is 7.05 Å². The molecule has 1 saturated heterocycles. The fourth-order valence-electron chi connectivity index (χ4n) is 4.66. The van der Waals surface area contributed by atoms with Crippen molar-refractivity contribution >= 4 is 6.09 Å². The van der Waals surface area contributed by atoms with Crippen molar-refractivity contribution in [2.75, 3.05) is 13.1 Å². The van der Waals surface area contributed by atoms with Crippen LogP contribution in [0.5, 0.6) is 0 Å². The van der Waals surface area contributed by atoms with Gasteiger partial charge in [0.25, 0.3) is 0 Å². The zero-order chi connectivity index (χ0) is 24.3. The van der Waals surface area contributed by atoms with Gasteiger partial charge in [0.2, 0.25) is 5.56 Å². The van der Waals surface area contributed by atoms with Crippen LogP contribution in [0, 0.1) is 0 Å². The van der Waals surface area contributed by atoms with Crippen LogP contribution in [0.4, 0.5) is 4.79 Å². The summed E-state index contributed by atoms with van der Waals surface area (Å²) in [4.78, 5) is 26.3. The van der Waals surface area contributed by atoms with Crippen molar-refractivity contribution in [2.45, 2.75) is 44.3 Å². The quantitative estimate of drug-likeness (QED) is 0.564. The van der Waals surface area contributed by atoms with Gasteiger partial charge in [-0.2, -0.15) is 0 Å². The van der Waals surface area contributed by atoms with E-state index >= 15 is 0 Å². The summed E-state index contributed by atoms with van der Waals surface area (Å²) < 4.78 is 7.60. The first-order valence-corrected chi connectivity index (χ1v) is 11.7. The van der Waals surface area contributed by atoms with Gasteiger partial charge >= 0.3 is 6.09 Å². The summed E-state index contributed by atoms with van der Waals surface area (Å²) in [6, 6.07) is 21.3. The Morgan fingerprint density at radius 1 is 0.971 bits per heavy atom. The Morgan fingerprint density at radius 2 is 1.65 bits per heavy atom. The molecule has 0 radical (unpaired) electrons. The number of cyclic esters (lactones) is 1. The molecule has 3 aromatic rings. The van der Waals surface area contributed by atoms with Crippen LogP contribution in [0.1, 0.15) is 37.8 Å². The van der Waals surface area contributed by atoms with E-state index in [9.17, 15) is 14.7 Å². The molecule has 1 aliphatic rings. The SMILES string of the molecule is Cn1cc(-c2ccc(CCN3CC[C@](CC(C)(C)O)(c4ccccc4)OC3=O)cc2)ccc1=O. The Morgan fingerprint density at radius 3 is 2.26 bits per heavy atom. The van der Waals surface area contributed by atoms with Crippen molar-refractivity contribution in [3.63, 3.8) is 0 Å². The van der Waals surface area contributed by atoms with Gasteiger partial charge in [-0.05, 0) is 48.6 Å². The second kappa shape index (κ2) is 9.47. The van der Waals surface area contributed by atoms with Gasteiger partial charge in [-0.15, -0.1) is 0 Å². The number of amides is 1. The zero-order valence-corrected chi connectivity index (χ0v) is 20.0. The number of nitrogens with zero attached hydrogens (tertiary/aromatic N) is 2. The molecule has 0 saturated carbocycles. The highest BCUT2D eigenvalue weighted by Crippen LogP contribution is 2.40. The van der Waals surface area contributed by atoms with Gasteiger partial charge in [0, 0.05) is 45.2 Å². The maximum absolute atomic E-state index is 13.0. The molecule has 6 heteroatoms. The largest absolute Gasteiger partial charge is 0.438 e. The average molecular weight is 461 g/mol. The molecule has 2 aromatic carbocycles. The van der Waals surface area contributed by atoms with Crippen LogP contribution in [0.25, 0.3) is 11.1 Å². The second-order valence-corrected chi connectivity index (χ2v) is 9.77. The first kappa shape index (κ1) is 23.8. The van der Waals surface area contributed by atoms with Gasteiger partial charge in [0.05, 0.1) is 5.60 Å². The van der Waals surface area contributed by atoms with E-state index in [0.717, 1.165) is 22.3 Å². The molecule has 1 atom stereocenters. The zero-order valence-electron chi connectivity index (χ0n) is 20.0. The van der Waals surface area contributed by atoms with Crippen LogP contribution in [0.2, 0.25) is 0 Å². The van der Waals surface area contributed by atoms with Gasteiger partial charge in [-0.25, -0.2) is 4.79 Å². The smallest absolute Gasteiger partial charge is 0.410 e. The number of aliphatic hydroxyl groups is 1. The third-order valence-electron chi connectivity index (χ3n) is 6.39. The summed E-state index contributed by atoms with van der Waals surface area (Å²) in [6.07, 6.45) is 3.16. The van der Waals surface area contributed by atoms with E-state index in [-0.39, 0.29) is 11.7 Å². The standard InChI is InChI=1S/C28H32N2O4/c1-27(2,33)20-28(24-7-5-4-6-8-24)16-18-30(26(32)34-28)17-15-21-9-11-22(12-10-21)23-13-14-25(31)29(3)19-23/h4-14,19,33H,15-18,20H2,1-3H3/t28-/m0/s1. The topological polar surface area (TPSA) is 71.8 Å². The lowest BCUT2D eigenvalue weighted by atomic mass is 9.80. The summed E-state index contributed by atoms with van der Waals surface area (Å²) >= 11 is 0. The molecule has 1 aliphatic heterocycles. The van der Waals surface area contributed by atoms with Crippen LogP contribution in [-0.4, -0.2) is 39.4 Å². The van der Waals surface area contributed by atoms with Gasteiger partial charge < -0.3 is 19.3 Å². The molecular weight excluding hydrogens is 428 g/mol. The molecule has 178 valence electrons. The van der Waals surface area contributed by atoms with Crippen molar-refractivity contribution < 1.29 is 14.6 Å². The van der Waals surface area contributed by atoms with Crippen LogP contribution < -0.4 is 5.56 Å². The molecule has 6 nitrogen and oxygen atoms in total. The van der Waals surface area contributed by atoms with Crippen LogP contribution in [0.15, 0.2) is 77.7 Å². The number of hydrogen-bond acceptors (Lipinski definition) is 4. The summed E-state index contributed by atoms with van der Waals surface area (Å²) in [5.74, 6) is 0. The maximum atomic E-state index is 13.0. The Bertz CT molecular complexity index is 1200. The third kappa shape index (κ3) is 5.39. The van der Waals surface area contributed by atoms with Crippen LogP contribution in [0.3, 0.4) is 0 Å². The van der Waals surface area contributed by atoms with E-state index < -0.39 is 11.2 Å². The second-order valence-electron chi connectivity index (χ2n) is 9.77. The van der Waals surface area contributed by atoms with Gasteiger partial charge in [-0.1, -0.05) is 54.6 Å². The van der Waals surface area contributed by atoms with E-state index in [2.05, 4.69) is 12.1 Å². The number of aromatic nitrogens is 1. The maximum Gasteiger partial charge on any atom is 0.410 e. The molecule has 0 unspecified atom stereocenters. The molecule has 2 heterocycles. The number of carbonyl (C=O) groups is 1. The lowest BCUT2D eigenvalue weighted by Crippen LogP contribution is -2.51. The molecule has 0 aliphatic carbocycles. The lowest BCUT2D eigenvalue weighted by molar-refractivity contribution is -0.0960.